The average Bonchev–Trinajstić information content (AvgIpc) is 2.37. The Morgan fingerprint density at radius 3 is 2.50 bits per heavy atom. The van der Waals surface area contributed by atoms with E-state index in [1.807, 2.05) is 0 Å². The van der Waals surface area contributed by atoms with E-state index < -0.39 is 11.7 Å². The molecule has 1 aromatic heterocycles. The van der Waals surface area contributed by atoms with Crippen molar-refractivity contribution in [3.63, 3.8) is 0 Å². The van der Waals surface area contributed by atoms with E-state index in [9.17, 15) is 13.2 Å². The summed E-state index contributed by atoms with van der Waals surface area (Å²) in [5.41, 5.74) is 6.68. The van der Waals surface area contributed by atoms with Gasteiger partial charge in [-0.15, -0.1) is 0 Å². The highest BCUT2D eigenvalue weighted by molar-refractivity contribution is 5.44. The van der Waals surface area contributed by atoms with E-state index in [2.05, 4.69) is 15.4 Å². The van der Waals surface area contributed by atoms with Crippen LogP contribution in [0.2, 0.25) is 0 Å². The van der Waals surface area contributed by atoms with Gasteiger partial charge in [0.2, 0.25) is 11.8 Å². The third kappa shape index (κ3) is 3.06. The molecule has 0 aliphatic rings. The third-order valence-corrected chi connectivity index (χ3v) is 2.27. The zero-order valence-corrected chi connectivity index (χ0v) is 9.98. The minimum absolute atomic E-state index is 0.122. The number of para-hydroxylation sites is 1. The molecule has 1 aromatic carbocycles. The molecule has 0 amide bonds. The maximum atomic E-state index is 12.8. The Bertz CT molecular complexity index is 617. The normalized spacial score (nSPS) is 11.2. The fourth-order valence-corrected chi connectivity index (χ4v) is 1.47. The van der Waals surface area contributed by atoms with E-state index in [0.717, 1.165) is 6.07 Å². The molecule has 0 atom stereocenters. The molecule has 0 bridgehead atoms. The fourth-order valence-electron chi connectivity index (χ4n) is 1.47. The second-order valence-electron chi connectivity index (χ2n) is 3.69. The van der Waals surface area contributed by atoms with Gasteiger partial charge in [-0.2, -0.15) is 23.1 Å². The first kappa shape index (κ1) is 13.9. The maximum Gasteiger partial charge on any atom is 0.419 e. The van der Waals surface area contributed by atoms with Gasteiger partial charge in [-0.25, -0.2) is 5.84 Å². The molecule has 2 rings (SSSR count). The van der Waals surface area contributed by atoms with Crippen LogP contribution in [-0.4, -0.2) is 9.97 Å². The van der Waals surface area contributed by atoms with Crippen LogP contribution in [0.25, 0.3) is 0 Å². The molecule has 2 aromatic rings. The van der Waals surface area contributed by atoms with E-state index in [0.29, 0.717) is 0 Å². The topological polar surface area (TPSA) is 99.1 Å². The van der Waals surface area contributed by atoms with Crippen LogP contribution in [0.4, 0.5) is 24.9 Å². The molecule has 0 saturated heterocycles. The highest BCUT2D eigenvalue weighted by atomic mass is 19.4. The highest BCUT2D eigenvalue weighted by Gasteiger charge is 2.34. The predicted octanol–water partition coefficient (Wildman–Crippen LogP) is 2.16. The molecule has 20 heavy (non-hydrogen) atoms. The number of anilines is 2. The summed E-state index contributed by atoms with van der Waals surface area (Å²) in [4.78, 5) is 7.38. The van der Waals surface area contributed by atoms with Gasteiger partial charge in [0.25, 0.3) is 0 Å². The zero-order chi connectivity index (χ0) is 14.8. The van der Waals surface area contributed by atoms with E-state index in [1.54, 1.807) is 0 Å². The summed E-state index contributed by atoms with van der Waals surface area (Å²) in [5.74, 6) is 4.55. The van der Waals surface area contributed by atoms with E-state index in [4.69, 9.17) is 16.3 Å². The van der Waals surface area contributed by atoms with Gasteiger partial charge in [-0.1, -0.05) is 12.1 Å². The van der Waals surface area contributed by atoms with Crippen molar-refractivity contribution in [2.45, 2.75) is 6.18 Å². The number of alkyl halides is 3. The monoisotopic (exact) mass is 285 g/mol. The van der Waals surface area contributed by atoms with E-state index in [-0.39, 0.29) is 23.4 Å². The predicted molar refractivity (Wildman–Crippen MR) is 65.8 cm³/mol. The Balaban J connectivity index is 2.38. The second kappa shape index (κ2) is 5.21. The number of nitrogens with zero attached hydrogens (tertiary/aromatic N) is 2. The number of nitrogen functional groups attached to an aromatic ring is 2. The molecule has 6 nitrogen and oxygen atoms in total. The fraction of sp³-hybridized carbons (Fsp3) is 0.0909. The van der Waals surface area contributed by atoms with Gasteiger partial charge in [0.1, 0.15) is 11.6 Å². The quantitative estimate of drug-likeness (QED) is 0.590. The summed E-state index contributed by atoms with van der Waals surface area (Å²) in [6, 6.07) is 5.98. The molecule has 5 N–H and O–H groups in total. The van der Waals surface area contributed by atoms with Gasteiger partial charge >= 0.3 is 6.18 Å². The number of hydrogen-bond donors (Lipinski definition) is 3. The largest absolute Gasteiger partial charge is 0.438 e. The Labute approximate surface area is 111 Å². The molecular formula is C11H10F3N5O. The number of aromatic nitrogens is 2. The lowest BCUT2D eigenvalue weighted by Crippen LogP contribution is -2.11. The van der Waals surface area contributed by atoms with Crippen LogP contribution >= 0.6 is 0 Å². The van der Waals surface area contributed by atoms with Crippen molar-refractivity contribution in [2.75, 3.05) is 11.2 Å². The van der Waals surface area contributed by atoms with Gasteiger partial charge in [0, 0.05) is 6.07 Å². The van der Waals surface area contributed by atoms with Gasteiger partial charge in [-0.05, 0) is 12.1 Å². The minimum atomic E-state index is -4.54. The Hall–Kier alpha value is -2.55. The van der Waals surface area contributed by atoms with Crippen LogP contribution in [0.15, 0.2) is 30.3 Å². The Morgan fingerprint density at radius 1 is 1.15 bits per heavy atom. The average molecular weight is 285 g/mol. The first-order chi connectivity index (χ1) is 9.40. The van der Waals surface area contributed by atoms with Crippen LogP contribution in [0, 0.1) is 0 Å². The van der Waals surface area contributed by atoms with E-state index >= 15 is 0 Å². The van der Waals surface area contributed by atoms with Crippen molar-refractivity contribution in [2.24, 2.45) is 5.84 Å². The molecule has 0 spiro atoms. The van der Waals surface area contributed by atoms with Crippen molar-refractivity contribution in [1.82, 2.24) is 9.97 Å². The third-order valence-electron chi connectivity index (χ3n) is 2.27. The molecule has 0 aliphatic heterocycles. The Morgan fingerprint density at radius 2 is 1.85 bits per heavy atom. The molecule has 0 unspecified atom stereocenters. The Kier molecular flexibility index (Phi) is 3.61. The molecule has 9 heteroatoms. The molecule has 0 saturated carbocycles. The zero-order valence-electron chi connectivity index (χ0n) is 9.98. The smallest absolute Gasteiger partial charge is 0.419 e. The van der Waals surface area contributed by atoms with Crippen molar-refractivity contribution in [3.05, 3.63) is 35.9 Å². The first-order valence-corrected chi connectivity index (χ1v) is 5.35. The molecule has 1 heterocycles. The molecule has 106 valence electrons. The van der Waals surface area contributed by atoms with Crippen LogP contribution in [0.3, 0.4) is 0 Å². The number of halogens is 3. The van der Waals surface area contributed by atoms with Crippen molar-refractivity contribution < 1.29 is 17.9 Å². The first-order valence-electron chi connectivity index (χ1n) is 5.35. The summed E-state index contributed by atoms with van der Waals surface area (Å²) in [6.07, 6.45) is -4.54. The minimum Gasteiger partial charge on any atom is -0.438 e. The number of hydrogen-bond acceptors (Lipinski definition) is 6. The van der Waals surface area contributed by atoms with Gasteiger partial charge in [-0.3, -0.25) is 0 Å². The number of ether oxygens (including phenoxy) is 1. The summed E-state index contributed by atoms with van der Waals surface area (Å²) >= 11 is 0. The standard InChI is InChI=1S/C11H10F3N5O/c12-11(13,14)6-3-1-2-4-7(6)20-9-5-8(19-16)17-10(15)18-9/h1-5H,16H2,(H3,15,17,18,19). The number of rotatable bonds is 3. The molecular weight excluding hydrogens is 275 g/mol. The lowest BCUT2D eigenvalue weighted by atomic mass is 10.2. The summed E-state index contributed by atoms with van der Waals surface area (Å²) in [5, 5.41) is 0. The van der Waals surface area contributed by atoms with Crippen molar-refractivity contribution >= 4 is 11.8 Å². The van der Waals surface area contributed by atoms with Gasteiger partial charge in [0.15, 0.2) is 0 Å². The van der Waals surface area contributed by atoms with Crippen LogP contribution < -0.4 is 21.7 Å². The number of benzene rings is 1. The number of nitrogens with two attached hydrogens (primary N) is 2. The summed E-state index contributed by atoms with van der Waals surface area (Å²) < 4.78 is 43.5. The highest BCUT2D eigenvalue weighted by Crippen LogP contribution is 2.37. The lowest BCUT2D eigenvalue weighted by Gasteiger charge is -2.13. The summed E-state index contributed by atoms with van der Waals surface area (Å²) in [7, 11) is 0. The maximum absolute atomic E-state index is 12.8. The molecule has 0 radical (unpaired) electrons. The van der Waals surface area contributed by atoms with Gasteiger partial charge in [0.05, 0.1) is 5.56 Å². The van der Waals surface area contributed by atoms with Crippen molar-refractivity contribution in [3.8, 4) is 11.6 Å². The van der Waals surface area contributed by atoms with Crippen molar-refractivity contribution in [1.29, 1.82) is 0 Å². The number of nitrogens with one attached hydrogen (secondary N) is 1. The molecule has 0 fully saturated rings. The molecule has 0 aliphatic carbocycles. The van der Waals surface area contributed by atoms with E-state index in [1.165, 1.54) is 24.3 Å². The second-order valence-corrected chi connectivity index (χ2v) is 3.69. The van der Waals surface area contributed by atoms with Crippen LogP contribution in [0.1, 0.15) is 5.56 Å². The van der Waals surface area contributed by atoms with Crippen LogP contribution in [-0.2, 0) is 6.18 Å². The lowest BCUT2D eigenvalue weighted by molar-refractivity contribution is -0.138. The number of hydrazine groups is 1. The summed E-state index contributed by atoms with van der Waals surface area (Å²) in [6.45, 7) is 0. The SMILES string of the molecule is NNc1cc(Oc2ccccc2C(F)(F)F)nc(N)n1. The van der Waals surface area contributed by atoms with Gasteiger partial charge < -0.3 is 15.9 Å². The van der Waals surface area contributed by atoms with Crippen LogP contribution in [0.5, 0.6) is 11.6 Å².